The Balaban J connectivity index is 1.62. The van der Waals surface area contributed by atoms with Crippen LogP contribution in [0.1, 0.15) is 26.7 Å². The van der Waals surface area contributed by atoms with Gasteiger partial charge in [0.15, 0.2) is 0 Å². The van der Waals surface area contributed by atoms with E-state index in [1.54, 1.807) is 24.3 Å². The molecule has 2 rings (SSSR count). The molecule has 0 unspecified atom stereocenters. The number of amides is 2. The molecule has 2 atom stereocenters. The summed E-state index contributed by atoms with van der Waals surface area (Å²) in [5, 5.41) is 6.36. The quantitative estimate of drug-likeness (QED) is 0.809. The maximum absolute atomic E-state index is 11.8. The average molecular weight is 324 g/mol. The number of nitrogens with one attached hydrogen (secondary N) is 2. The summed E-state index contributed by atoms with van der Waals surface area (Å²) in [4.78, 5) is 14.3. The zero-order valence-corrected chi connectivity index (χ0v) is 14.2. The maximum Gasteiger partial charge on any atom is 0.319 e. The van der Waals surface area contributed by atoms with Gasteiger partial charge < -0.3 is 15.5 Å². The van der Waals surface area contributed by atoms with Crippen molar-refractivity contribution >= 4 is 23.3 Å². The fourth-order valence-corrected chi connectivity index (χ4v) is 3.31. The van der Waals surface area contributed by atoms with Crippen LogP contribution in [0.4, 0.5) is 10.5 Å². The first-order valence-corrected chi connectivity index (χ1v) is 8.43. The Morgan fingerprint density at radius 3 is 2.50 bits per heavy atom. The van der Waals surface area contributed by atoms with E-state index < -0.39 is 0 Å². The number of hydrogen-bond acceptors (Lipinski definition) is 2. The molecular formula is C17H26ClN3O. The first kappa shape index (κ1) is 17.1. The molecule has 1 aliphatic rings. The molecule has 2 amide bonds. The number of carbonyl (C=O) groups excluding carboxylic acids is 1. The van der Waals surface area contributed by atoms with Crippen LogP contribution in [-0.4, -0.2) is 37.1 Å². The molecule has 2 N–H and O–H groups in total. The lowest BCUT2D eigenvalue weighted by atomic mass is 9.92. The van der Waals surface area contributed by atoms with Crippen LogP contribution < -0.4 is 10.6 Å². The monoisotopic (exact) mass is 323 g/mol. The van der Waals surface area contributed by atoms with Gasteiger partial charge in [-0.15, -0.1) is 0 Å². The molecule has 22 heavy (non-hydrogen) atoms. The number of likely N-dealkylation sites (tertiary alicyclic amines) is 1. The molecule has 0 aliphatic carbocycles. The van der Waals surface area contributed by atoms with Gasteiger partial charge in [-0.1, -0.05) is 25.4 Å². The highest BCUT2D eigenvalue weighted by molar-refractivity contribution is 6.30. The van der Waals surface area contributed by atoms with E-state index in [4.69, 9.17) is 11.6 Å². The van der Waals surface area contributed by atoms with Gasteiger partial charge in [0, 0.05) is 30.3 Å². The average Bonchev–Trinajstić information content (AvgIpc) is 2.45. The predicted octanol–water partition coefficient (Wildman–Crippen LogP) is 3.83. The van der Waals surface area contributed by atoms with Gasteiger partial charge >= 0.3 is 6.03 Å². The van der Waals surface area contributed by atoms with E-state index in [1.165, 1.54) is 19.5 Å². The molecular weight excluding hydrogens is 298 g/mol. The van der Waals surface area contributed by atoms with E-state index in [-0.39, 0.29) is 6.03 Å². The summed E-state index contributed by atoms with van der Waals surface area (Å²) in [6, 6.07) is 6.94. The molecule has 0 bridgehead atoms. The van der Waals surface area contributed by atoms with Crippen LogP contribution in [0, 0.1) is 11.8 Å². The third-order valence-electron chi connectivity index (χ3n) is 3.98. The number of piperidine rings is 1. The lowest BCUT2D eigenvalue weighted by Crippen LogP contribution is -2.40. The second kappa shape index (κ2) is 8.39. The second-order valence-electron chi connectivity index (χ2n) is 6.45. The summed E-state index contributed by atoms with van der Waals surface area (Å²) in [5.41, 5.74) is 0.751. The Bertz CT molecular complexity index is 467. The molecule has 4 nitrogen and oxygen atoms in total. The van der Waals surface area contributed by atoms with Crippen LogP contribution in [0.15, 0.2) is 24.3 Å². The first-order valence-electron chi connectivity index (χ1n) is 8.05. The molecule has 0 saturated carbocycles. The zero-order chi connectivity index (χ0) is 15.9. The van der Waals surface area contributed by atoms with Crippen LogP contribution in [0.25, 0.3) is 0 Å². The van der Waals surface area contributed by atoms with Crippen molar-refractivity contribution in [1.82, 2.24) is 10.2 Å². The highest BCUT2D eigenvalue weighted by Crippen LogP contribution is 2.20. The van der Waals surface area contributed by atoms with Crippen LogP contribution in [0.3, 0.4) is 0 Å². The fraction of sp³-hybridized carbons (Fsp3) is 0.588. The molecule has 122 valence electrons. The summed E-state index contributed by atoms with van der Waals surface area (Å²) in [7, 11) is 0. The second-order valence-corrected chi connectivity index (χ2v) is 6.88. The molecule has 1 heterocycles. The number of benzene rings is 1. The van der Waals surface area contributed by atoms with Crippen molar-refractivity contribution in [3.63, 3.8) is 0 Å². The number of urea groups is 1. The predicted molar refractivity (Wildman–Crippen MR) is 92.5 cm³/mol. The van der Waals surface area contributed by atoms with E-state index >= 15 is 0 Å². The standard InChI is InChI=1S/C17H26ClN3O/c1-13-10-14(2)12-21(11-13)9-3-8-19-17(22)20-16-6-4-15(18)5-7-16/h4-7,13-14H,3,8-12H2,1-2H3,(H2,19,20,22)/t13-,14-/m0/s1. The molecule has 0 spiro atoms. The van der Waals surface area contributed by atoms with Crippen molar-refractivity contribution in [1.29, 1.82) is 0 Å². The number of halogens is 1. The summed E-state index contributed by atoms with van der Waals surface area (Å²) < 4.78 is 0. The van der Waals surface area contributed by atoms with Gasteiger partial charge in [-0.3, -0.25) is 0 Å². The Kier molecular flexibility index (Phi) is 6.52. The molecule has 1 aliphatic heterocycles. The molecule has 5 heteroatoms. The van der Waals surface area contributed by atoms with Crippen molar-refractivity contribution in [2.75, 3.05) is 31.5 Å². The van der Waals surface area contributed by atoms with Gasteiger partial charge in [-0.25, -0.2) is 4.79 Å². The Labute approximate surface area is 138 Å². The van der Waals surface area contributed by atoms with E-state index in [1.807, 2.05) is 0 Å². The number of rotatable bonds is 5. The van der Waals surface area contributed by atoms with Gasteiger partial charge in [0.2, 0.25) is 0 Å². The SMILES string of the molecule is C[C@H]1C[C@H](C)CN(CCCNC(=O)Nc2ccc(Cl)cc2)C1. The van der Waals surface area contributed by atoms with Crippen LogP contribution in [-0.2, 0) is 0 Å². The van der Waals surface area contributed by atoms with Crippen molar-refractivity contribution in [2.24, 2.45) is 11.8 Å². The summed E-state index contributed by atoms with van der Waals surface area (Å²) >= 11 is 5.81. The Hall–Kier alpha value is -1.26. The normalized spacial score (nSPS) is 22.3. The molecule has 1 aromatic rings. The highest BCUT2D eigenvalue weighted by Gasteiger charge is 2.20. The number of carbonyl (C=O) groups is 1. The largest absolute Gasteiger partial charge is 0.338 e. The summed E-state index contributed by atoms with van der Waals surface area (Å²) in [6.45, 7) is 8.75. The summed E-state index contributed by atoms with van der Waals surface area (Å²) in [5.74, 6) is 1.56. The number of anilines is 1. The third kappa shape index (κ3) is 5.85. The van der Waals surface area contributed by atoms with Crippen LogP contribution >= 0.6 is 11.6 Å². The molecule has 1 aromatic carbocycles. The van der Waals surface area contributed by atoms with Gasteiger partial charge in [0.05, 0.1) is 0 Å². The minimum atomic E-state index is -0.164. The molecule has 0 radical (unpaired) electrons. The lowest BCUT2D eigenvalue weighted by molar-refractivity contribution is 0.140. The van der Waals surface area contributed by atoms with E-state index in [9.17, 15) is 4.79 Å². The van der Waals surface area contributed by atoms with E-state index in [0.29, 0.717) is 11.6 Å². The van der Waals surface area contributed by atoms with Crippen molar-refractivity contribution < 1.29 is 4.79 Å². The smallest absolute Gasteiger partial charge is 0.319 e. The molecule has 1 saturated heterocycles. The minimum absolute atomic E-state index is 0.164. The maximum atomic E-state index is 11.8. The highest BCUT2D eigenvalue weighted by atomic mass is 35.5. The summed E-state index contributed by atoms with van der Waals surface area (Å²) in [6.07, 6.45) is 2.31. The molecule has 0 aromatic heterocycles. The van der Waals surface area contributed by atoms with Gasteiger partial charge in [0.1, 0.15) is 0 Å². The van der Waals surface area contributed by atoms with Gasteiger partial charge in [-0.2, -0.15) is 0 Å². The Morgan fingerprint density at radius 2 is 1.86 bits per heavy atom. The van der Waals surface area contributed by atoms with Crippen LogP contribution in [0.2, 0.25) is 5.02 Å². The third-order valence-corrected chi connectivity index (χ3v) is 4.24. The minimum Gasteiger partial charge on any atom is -0.338 e. The number of nitrogens with zero attached hydrogens (tertiary/aromatic N) is 1. The van der Waals surface area contributed by atoms with Crippen molar-refractivity contribution in [3.05, 3.63) is 29.3 Å². The van der Waals surface area contributed by atoms with E-state index in [2.05, 4.69) is 29.4 Å². The first-order chi connectivity index (χ1) is 10.5. The van der Waals surface area contributed by atoms with Gasteiger partial charge in [0.25, 0.3) is 0 Å². The van der Waals surface area contributed by atoms with Crippen molar-refractivity contribution in [3.8, 4) is 0 Å². The molecule has 1 fully saturated rings. The van der Waals surface area contributed by atoms with Crippen molar-refractivity contribution in [2.45, 2.75) is 26.7 Å². The lowest BCUT2D eigenvalue weighted by Gasteiger charge is -2.34. The fourth-order valence-electron chi connectivity index (χ4n) is 3.19. The number of hydrogen-bond donors (Lipinski definition) is 2. The topological polar surface area (TPSA) is 44.4 Å². The van der Waals surface area contributed by atoms with Gasteiger partial charge in [-0.05, 0) is 55.5 Å². The van der Waals surface area contributed by atoms with E-state index in [0.717, 1.165) is 30.5 Å². The zero-order valence-electron chi connectivity index (χ0n) is 13.4. The van der Waals surface area contributed by atoms with Crippen LogP contribution in [0.5, 0.6) is 0 Å². The Morgan fingerprint density at radius 1 is 1.23 bits per heavy atom.